The second kappa shape index (κ2) is 12.8. The molecule has 1 unspecified atom stereocenters. The summed E-state index contributed by atoms with van der Waals surface area (Å²) in [5, 5.41) is 0.484. The molecule has 0 saturated carbocycles. The molecule has 2 aromatic rings. The maximum absolute atomic E-state index is 13.2. The molecule has 0 spiro atoms. The van der Waals surface area contributed by atoms with E-state index in [-0.39, 0.29) is 37.0 Å². The minimum Gasteiger partial charge on any atom is -0.458 e. The van der Waals surface area contributed by atoms with Crippen LogP contribution < -0.4 is 0 Å². The number of piperazine rings is 1. The third kappa shape index (κ3) is 9.07. The van der Waals surface area contributed by atoms with Gasteiger partial charge in [-0.3, -0.25) is 9.69 Å². The van der Waals surface area contributed by atoms with E-state index in [0.29, 0.717) is 30.2 Å². The van der Waals surface area contributed by atoms with Gasteiger partial charge < -0.3 is 19.1 Å². The van der Waals surface area contributed by atoms with Gasteiger partial charge in [0.25, 0.3) is 0 Å². The van der Waals surface area contributed by atoms with Gasteiger partial charge in [-0.25, -0.2) is 9.18 Å². The monoisotopic (exact) mass is 534 g/mol. The lowest BCUT2D eigenvalue weighted by Crippen LogP contribution is -2.58. The fourth-order valence-electron chi connectivity index (χ4n) is 4.23. The highest BCUT2D eigenvalue weighted by Crippen LogP contribution is 2.24. The molecular weight excluding hydrogens is 499 g/mol. The van der Waals surface area contributed by atoms with Crippen molar-refractivity contribution >= 4 is 23.5 Å². The molecule has 0 aliphatic carbocycles. The zero-order valence-electron chi connectivity index (χ0n) is 22.1. The highest BCUT2D eigenvalue weighted by Gasteiger charge is 2.32. The number of ether oxygens (including phenoxy) is 3. The average Bonchev–Trinajstić information content (AvgIpc) is 2.81. The fraction of sp³-hybridized carbons (Fsp3) is 0.500. The number of halogens is 2. The van der Waals surface area contributed by atoms with E-state index in [1.807, 2.05) is 6.92 Å². The van der Waals surface area contributed by atoms with Crippen molar-refractivity contribution in [2.45, 2.75) is 65.1 Å². The molecule has 0 aromatic heterocycles. The zero-order chi connectivity index (χ0) is 27.2. The van der Waals surface area contributed by atoms with Crippen LogP contribution in [0.25, 0.3) is 0 Å². The maximum Gasteiger partial charge on any atom is 0.332 e. The molecule has 0 bridgehead atoms. The third-order valence-corrected chi connectivity index (χ3v) is 6.22. The van der Waals surface area contributed by atoms with Crippen molar-refractivity contribution in [1.29, 1.82) is 0 Å². The Morgan fingerprint density at radius 1 is 1.03 bits per heavy atom. The minimum atomic E-state index is -0.970. The molecule has 3 atom stereocenters. The molecule has 1 saturated heterocycles. The Morgan fingerprint density at radius 3 is 2.35 bits per heavy atom. The van der Waals surface area contributed by atoms with Crippen molar-refractivity contribution in [3.8, 4) is 0 Å². The highest BCUT2D eigenvalue weighted by molar-refractivity contribution is 6.30. The Balaban J connectivity index is 1.59. The van der Waals surface area contributed by atoms with E-state index in [4.69, 9.17) is 25.8 Å². The number of carbonyl (C=O) groups is 2. The van der Waals surface area contributed by atoms with Crippen LogP contribution >= 0.6 is 11.6 Å². The van der Waals surface area contributed by atoms with E-state index in [2.05, 4.69) is 11.8 Å². The summed E-state index contributed by atoms with van der Waals surface area (Å²) in [7, 11) is 0. The van der Waals surface area contributed by atoms with E-state index in [1.165, 1.54) is 12.1 Å². The fourth-order valence-corrected chi connectivity index (χ4v) is 4.43. The van der Waals surface area contributed by atoms with Crippen LogP contribution in [0.3, 0.4) is 0 Å². The van der Waals surface area contributed by atoms with Gasteiger partial charge in [-0.1, -0.05) is 35.9 Å². The first-order chi connectivity index (χ1) is 17.4. The smallest absolute Gasteiger partial charge is 0.332 e. The summed E-state index contributed by atoms with van der Waals surface area (Å²) in [6.07, 6.45) is -0.970. The Hall–Kier alpha value is -2.52. The highest BCUT2D eigenvalue weighted by atomic mass is 35.5. The van der Waals surface area contributed by atoms with Gasteiger partial charge in [-0.15, -0.1) is 0 Å². The summed E-state index contributed by atoms with van der Waals surface area (Å²) in [5.74, 6) is -0.963. The number of nitrogens with zero attached hydrogens (tertiary/aromatic N) is 2. The van der Waals surface area contributed by atoms with Gasteiger partial charge in [-0.05, 0) is 64.4 Å². The first-order valence-electron chi connectivity index (χ1n) is 12.4. The topological polar surface area (TPSA) is 68.3 Å². The molecule has 0 N–H and O–H groups in total. The van der Waals surface area contributed by atoms with E-state index >= 15 is 0 Å². The van der Waals surface area contributed by atoms with E-state index in [0.717, 1.165) is 5.56 Å². The lowest BCUT2D eigenvalue weighted by Gasteiger charge is -2.44. The number of rotatable bonds is 9. The molecule has 0 radical (unpaired) electrons. The number of esters is 1. The van der Waals surface area contributed by atoms with Crippen molar-refractivity contribution < 1.29 is 28.2 Å². The van der Waals surface area contributed by atoms with Crippen LogP contribution in [-0.2, 0) is 30.3 Å². The summed E-state index contributed by atoms with van der Waals surface area (Å²) >= 11 is 6.14. The van der Waals surface area contributed by atoms with Crippen molar-refractivity contribution in [3.63, 3.8) is 0 Å². The Labute approximate surface area is 223 Å². The maximum atomic E-state index is 13.2. The Bertz CT molecular complexity index is 1060. The SMILES string of the molecule is C[C@@H]1CN(Cc2ccc(F)cc2)[C@@H](C)CN1C(=O)COC(OCC(=O)OC(C)(C)C)c1cccc(Cl)c1. The molecule has 1 fully saturated rings. The minimum absolute atomic E-state index is 0.0416. The Morgan fingerprint density at radius 2 is 1.70 bits per heavy atom. The molecular formula is C28H36ClFN2O5. The standard InChI is InChI=1S/C28H36ClFN2O5/c1-19-15-32(20(2)14-31(19)16-21-9-11-24(30)12-10-21)25(33)17-35-27(22-7-6-8-23(29)13-22)36-18-26(34)37-28(3,4)5/h6-13,19-20,27H,14-18H2,1-5H3/t19-,20+,27?/m0/s1. The molecule has 1 aliphatic rings. The molecule has 3 rings (SSSR count). The number of carbonyl (C=O) groups excluding carboxylic acids is 2. The molecule has 1 aliphatic heterocycles. The molecule has 1 amide bonds. The first kappa shape index (κ1) is 29.0. The third-order valence-electron chi connectivity index (χ3n) is 5.99. The Kier molecular flexibility index (Phi) is 10.1. The van der Waals surface area contributed by atoms with Crippen LogP contribution in [0.5, 0.6) is 0 Å². The largest absolute Gasteiger partial charge is 0.458 e. The van der Waals surface area contributed by atoms with Gasteiger partial charge in [0.05, 0.1) is 0 Å². The second-order valence-electron chi connectivity index (χ2n) is 10.4. The predicted octanol–water partition coefficient (Wildman–Crippen LogP) is 4.97. The zero-order valence-corrected chi connectivity index (χ0v) is 22.8. The van der Waals surface area contributed by atoms with E-state index < -0.39 is 17.9 Å². The molecule has 9 heteroatoms. The summed E-state index contributed by atoms with van der Waals surface area (Å²) < 4.78 is 30.1. The normalized spacial score (nSPS) is 19.5. The molecule has 202 valence electrons. The van der Waals surface area contributed by atoms with Crippen molar-refractivity contribution in [2.24, 2.45) is 0 Å². The van der Waals surface area contributed by atoms with Crippen LogP contribution in [0.15, 0.2) is 48.5 Å². The van der Waals surface area contributed by atoms with Crippen molar-refractivity contribution in [2.75, 3.05) is 26.3 Å². The summed E-state index contributed by atoms with van der Waals surface area (Å²) in [5.41, 5.74) is 0.971. The molecule has 7 nitrogen and oxygen atoms in total. The quantitative estimate of drug-likeness (QED) is 0.334. The summed E-state index contributed by atoms with van der Waals surface area (Å²) in [4.78, 5) is 29.4. The first-order valence-corrected chi connectivity index (χ1v) is 12.8. The van der Waals surface area contributed by atoms with Gasteiger partial charge >= 0.3 is 5.97 Å². The molecule has 37 heavy (non-hydrogen) atoms. The lowest BCUT2D eigenvalue weighted by atomic mass is 10.1. The van der Waals surface area contributed by atoms with Crippen LogP contribution in [0, 0.1) is 5.82 Å². The van der Waals surface area contributed by atoms with E-state index in [1.54, 1.807) is 62.1 Å². The number of amides is 1. The molecule has 1 heterocycles. The van der Waals surface area contributed by atoms with Gasteiger partial charge in [0.15, 0.2) is 6.29 Å². The van der Waals surface area contributed by atoms with E-state index in [9.17, 15) is 14.0 Å². The second-order valence-corrected chi connectivity index (χ2v) is 10.8. The summed E-state index contributed by atoms with van der Waals surface area (Å²) in [6.45, 7) is 10.7. The lowest BCUT2D eigenvalue weighted by molar-refractivity contribution is -0.186. The molecule has 2 aromatic carbocycles. The average molecular weight is 535 g/mol. The number of benzene rings is 2. The number of hydrogen-bond donors (Lipinski definition) is 0. The van der Waals surface area contributed by atoms with Gasteiger partial charge in [-0.2, -0.15) is 0 Å². The van der Waals surface area contributed by atoms with Crippen LogP contribution in [0.4, 0.5) is 4.39 Å². The van der Waals surface area contributed by atoms with Crippen molar-refractivity contribution in [3.05, 3.63) is 70.5 Å². The van der Waals surface area contributed by atoms with Crippen LogP contribution in [-0.4, -0.2) is 65.7 Å². The van der Waals surface area contributed by atoms with Gasteiger partial charge in [0, 0.05) is 42.3 Å². The van der Waals surface area contributed by atoms with Crippen LogP contribution in [0.2, 0.25) is 5.02 Å². The van der Waals surface area contributed by atoms with Gasteiger partial charge in [0.2, 0.25) is 5.91 Å². The van der Waals surface area contributed by atoms with Crippen LogP contribution in [0.1, 0.15) is 52.0 Å². The summed E-state index contributed by atoms with van der Waals surface area (Å²) in [6, 6.07) is 13.4. The van der Waals surface area contributed by atoms with Gasteiger partial charge in [0.1, 0.15) is 24.6 Å². The van der Waals surface area contributed by atoms with Crippen molar-refractivity contribution in [1.82, 2.24) is 9.80 Å². The predicted molar refractivity (Wildman–Crippen MR) is 139 cm³/mol. The number of hydrogen-bond acceptors (Lipinski definition) is 6.